The van der Waals surface area contributed by atoms with Crippen molar-refractivity contribution in [1.82, 2.24) is 15.5 Å². The molecular weight excluding hydrogens is 357 g/mol. The molecule has 0 fully saturated rings. The third-order valence-corrected chi connectivity index (χ3v) is 3.96. The van der Waals surface area contributed by atoms with Crippen LogP contribution >= 0.6 is 12.4 Å². The predicted octanol–water partition coefficient (Wildman–Crippen LogP) is 3.22. The summed E-state index contributed by atoms with van der Waals surface area (Å²) in [4.78, 5) is 12.5. The van der Waals surface area contributed by atoms with Crippen molar-refractivity contribution in [3.05, 3.63) is 46.8 Å². The molecule has 0 radical (unpaired) electrons. The molecule has 1 aliphatic rings. The average molecular weight is 375 g/mol. The van der Waals surface area contributed by atoms with Gasteiger partial charge in [0.05, 0.1) is 0 Å². The maximum absolute atomic E-state index is 12.5. The van der Waals surface area contributed by atoms with Gasteiger partial charge in [-0.3, -0.25) is 9.89 Å². The zero-order valence-electron chi connectivity index (χ0n) is 13.2. The van der Waals surface area contributed by atoms with E-state index in [0.717, 1.165) is 24.2 Å². The van der Waals surface area contributed by atoms with Gasteiger partial charge in [0.1, 0.15) is 0 Å². The van der Waals surface area contributed by atoms with Crippen LogP contribution in [0.25, 0.3) is 0 Å². The van der Waals surface area contributed by atoms with E-state index in [1.807, 2.05) is 0 Å². The first-order chi connectivity index (χ1) is 11.4. The fraction of sp³-hybridized carbons (Fsp3) is 0.375. The van der Waals surface area contributed by atoms with Gasteiger partial charge in [0.2, 0.25) is 0 Å². The molecule has 9 heteroatoms. The van der Waals surface area contributed by atoms with E-state index < -0.39 is 18.5 Å². The van der Waals surface area contributed by atoms with Gasteiger partial charge in [0.25, 0.3) is 5.91 Å². The van der Waals surface area contributed by atoms with E-state index in [2.05, 4.69) is 20.8 Å². The standard InChI is InChI=1S/C16H17F3N4O.ClH/c17-16(18,19)7-5-10-3-1-2-4-12(10)21-15(24)14-11-9-20-8-6-13(11)22-23-14;/h1-4,20H,5-9H2,(H,21,24)(H,22,23);1H. The zero-order chi connectivity index (χ0) is 17.2. The quantitative estimate of drug-likeness (QED) is 0.769. The molecule has 25 heavy (non-hydrogen) atoms. The fourth-order valence-electron chi connectivity index (χ4n) is 2.73. The molecule has 0 spiro atoms. The largest absolute Gasteiger partial charge is 0.389 e. The second kappa shape index (κ2) is 7.88. The van der Waals surface area contributed by atoms with Crippen LogP contribution in [-0.2, 0) is 19.4 Å². The number of aromatic amines is 1. The number of aromatic nitrogens is 2. The molecule has 2 heterocycles. The smallest absolute Gasteiger partial charge is 0.320 e. The Morgan fingerprint density at radius 1 is 1.28 bits per heavy atom. The number of hydrogen-bond acceptors (Lipinski definition) is 3. The summed E-state index contributed by atoms with van der Waals surface area (Å²) >= 11 is 0. The first kappa shape index (κ1) is 19.3. The molecule has 3 rings (SSSR count). The highest BCUT2D eigenvalue weighted by Crippen LogP contribution is 2.26. The van der Waals surface area contributed by atoms with E-state index in [-0.39, 0.29) is 24.5 Å². The van der Waals surface area contributed by atoms with Gasteiger partial charge in [0.15, 0.2) is 5.69 Å². The molecule has 0 bridgehead atoms. The fourth-order valence-corrected chi connectivity index (χ4v) is 2.73. The summed E-state index contributed by atoms with van der Waals surface area (Å²) in [5.41, 5.74) is 2.84. The maximum Gasteiger partial charge on any atom is 0.389 e. The van der Waals surface area contributed by atoms with Gasteiger partial charge in [0, 0.05) is 42.9 Å². The molecular formula is C16H18ClF3N4O. The first-order valence-electron chi connectivity index (χ1n) is 7.67. The summed E-state index contributed by atoms with van der Waals surface area (Å²) in [5.74, 6) is -0.421. The molecule has 2 aromatic rings. The SMILES string of the molecule is Cl.O=C(Nc1ccccc1CCC(F)(F)F)c1n[nH]c2c1CNCC2. The van der Waals surface area contributed by atoms with Gasteiger partial charge in [-0.15, -0.1) is 12.4 Å². The van der Waals surface area contributed by atoms with Crippen LogP contribution in [-0.4, -0.2) is 28.8 Å². The predicted molar refractivity (Wildman–Crippen MR) is 90.0 cm³/mol. The van der Waals surface area contributed by atoms with E-state index in [1.54, 1.807) is 24.3 Å². The summed E-state index contributed by atoms with van der Waals surface area (Å²) < 4.78 is 37.3. The Morgan fingerprint density at radius 3 is 2.80 bits per heavy atom. The number of carbonyl (C=O) groups excluding carboxylic acids is 1. The van der Waals surface area contributed by atoms with Gasteiger partial charge in [-0.1, -0.05) is 18.2 Å². The Balaban J connectivity index is 0.00000225. The number of hydrogen-bond donors (Lipinski definition) is 3. The van der Waals surface area contributed by atoms with Crippen molar-refractivity contribution in [3.8, 4) is 0 Å². The summed E-state index contributed by atoms with van der Waals surface area (Å²) in [6.07, 6.45) is -4.58. The summed E-state index contributed by atoms with van der Waals surface area (Å²) in [6.45, 7) is 1.36. The lowest BCUT2D eigenvalue weighted by Crippen LogP contribution is -2.25. The van der Waals surface area contributed by atoms with Crippen LogP contribution in [0.5, 0.6) is 0 Å². The van der Waals surface area contributed by atoms with E-state index in [4.69, 9.17) is 0 Å². The van der Waals surface area contributed by atoms with Crippen LogP contribution in [0.15, 0.2) is 24.3 Å². The van der Waals surface area contributed by atoms with Crippen LogP contribution in [0, 0.1) is 0 Å². The van der Waals surface area contributed by atoms with Gasteiger partial charge in [-0.05, 0) is 18.1 Å². The van der Waals surface area contributed by atoms with Crippen molar-refractivity contribution in [2.24, 2.45) is 0 Å². The topological polar surface area (TPSA) is 69.8 Å². The van der Waals surface area contributed by atoms with Gasteiger partial charge >= 0.3 is 6.18 Å². The van der Waals surface area contributed by atoms with Crippen molar-refractivity contribution in [2.45, 2.75) is 32.0 Å². The lowest BCUT2D eigenvalue weighted by Gasteiger charge is -2.14. The monoisotopic (exact) mass is 374 g/mol. The van der Waals surface area contributed by atoms with Crippen LogP contribution in [0.1, 0.15) is 33.7 Å². The number of H-pyrrole nitrogens is 1. The van der Waals surface area contributed by atoms with E-state index in [9.17, 15) is 18.0 Å². The number of carbonyl (C=O) groups is 1. The molecule has 0 saturated heterocycles. The highest BCUT2D eigenvalue weighted by atomic mass is 35.5. The van der Waals surface area contributed by atoms with E-state index in [0.29, 0.717) is 17.8 Å². The third-order valence-electron chi connectivity index (χ3n) is 3.96. The number of alkyl halides is 3. The Kier molecular flexibility index (Phi) is 6.07. The normalized spacial score (nSPS) is 13.7. The number of nitrogens with zero attached hydrogens (tertiary/aromatic N) is 1. The number of para-hydroxylation sites is 1. The van der Waals surface area contributed by atoms with Gasteiger partial charge < -0.3 is 10.6 Å². The number of halogens is 4. The minimum atomic E-state index is -4.23. The number of amides is 1. The number of anilines is 1. The lowest BCUT2D eigenvalue weighted by atomic mass is 10.1. The van der Waals surface area contributed by atoms with Gasteiger partial charge in [-0.2, -0.15) is 18.3 Å². The molecule has 136 valence electrons. The molecule has 1 aromatic carbocycles. The van der Waals surface area contributed by atoms with Crippen molar-refractivity contribution < 1.29 is 18.0 Å². The Morgan fingerprint density at radius 2 is 2.04 bits per heavy atom. The number of rotatable bonds is 4. The number of benzene rings is 1. The maximum atomic E-state index is 12.5. The molecule has 0 unspecified atom stereocenters. The third kappa shape index (κ3) is 4.73. The lowest BCUT2D eigenvalue weighted by molar-refractivity contribution is -0.133. The summed E-state index contributed by atoms with van der Waals surface area (Å²) in [6, 6.07) is 6.51. The Labute approximate surface area is 148 Å². The Hall–Kier alpha value is -2.06. The summed E-state index contributed by atoms with van der Waals surface area (Å²) in [5, 5.41) is 12.8. The number of nitrogens with one attached hydrogen (secondary N) is 3. The van der Waals surface area contributed by atoms with Crippen molar-refractivity contribution in [3.63, 3.8) is 0 Å². The van der Waals surface area contributed by atoms with Crippen LogP contribution in [0.2, 0.25) is 0 Å². The van der Waals surface area contributed by atoms with Crippen LogP contribution < -0.4 is 10.6 Å². The number of fused-ring (bicyclic) bond motifs is 1. The summed E-state index contributed by atoms with van der Waals surface area (Å²) in [7, 11) is 0. The second-order valence-corrected chi connectivity index (χ2v) is 5.68. The van der Waals surface area contributed by atoms with Crippen molar-refractivity contribution in [1.29, 1.82) is 0 Å². The highest BCUT2D eigenvalue weighted by Gasteiger charge is 2.27. The first-order valence-corrected chi connectivity index (χ1v) is 7.67. The van der Waals surface area contributed by atoms with Crippen LogP contribution in [0.4, 0.5) is 18.9 Å². The molecule has 1 amide bonds. The second-order valence-electron chi connectivity index (χ2n) is 5.68. The molecule has 0 aliphatic carbocycles. The molecule has 1 aromatic heterocycles. The van der Waals surface area contributed by atoms with Crippen molar-refractivity contribution in [2.75, 3.05) is 11.9 Å². The zero-order valence-corrected chi connectivity index (χ0v) is 14.1. The molecule has 3 N–H and O–H groups in total. The van der Waals surface area contributed by atoms with Crippen molar-refractivity contribution >= 4 is 24.0 Å². The molecule has 0 atom stereocenters. The van der Waals surface area contributed by atoms with E-state index >= 15 is 0 Å². The highest BCUT2D eigenvalue weighted by molar-refractivity contribution is 6.04. The van der Waals surface area contributed by atoms with Gasteiger partial charge in [-0.25, -0.2) is 0 Å². The molecule has 0 saturated carbocycles. The minimum Gasteiger partial charge on any atom is -0.320 e. The Bertz CT molecular complexity index is 745. The minimum absolute atomic E-state index is 0. The average Bonchev–Trinajstić information content (AvgIpc) is 2.97. The number of aryl methyl sites for hydroxylation is 1. The molecule has 5 nitrogen and oxygen atoms in total. The van der Waals surface area contributed by atoms with Crippen LogP contribution in [0.3, 0.4) is 0 Å². The van der Waals surface area contributed by atoms with E-state index in [1.165, 1.54) is 0 Å². The molecule has 1 aliphatic heterocycles.